The van der Waals surface area contributed by atoms with Crippen molar-refractivity contribution in [3.8, 4) is 23.4 Å². The molecular weight excluding hydrogens is 556 g/mol. The lowest BCUT2D eigenvalue weighted by Crippen LogP contribution is -2.42. The number of nitriles is 1. The predicted molar refractivity (Wildman–Crippen MR) is 132 cm³/mol. The third kappa shape index (κ3) is 4.79. The summed E-state index contributed by atoms with van der Waals surface area (Å²) in [5.41, 5.74) is 0.540. The third-order valence-electron chi connectivity index (χ3n) is 6.36. The van der Waals surface area contributed by atoms with E-state index in [9.17, 15) is 26.9 Å². The normalized spacial score (nSPS) is 16.2. The Balaban J connectivity index is 1.70. The van der Waals surface area contributed by atoms with Crippen molar-refractivity contribution < 1.29 is 35.5 Å². The number of rotatable bonds is 6. The first-order valence-electron chi connectivity index (χ1n) is 11.7. The van der Waals surface area contributed by atoms with Crippen LogP contribution in [0.15, 0.2) is 53.8 Å². The number of ether oxygens (including phenoxy) is 2. The Morgan fingerprint density at radius 1 is 1.15 bits per heavy atom. The molecule has 1 saturated heterocycles. The number of nitrogens with one attached hydrogen (secondary N) is 1. The van der Waals surface area contributed by atoms with Gasteiger partial charge >= 0.3 is 6.18 Å². The highest BCUT2D eigenvalue weighted by Crippen LogP contribution is 2.40. The average Bonchev–Trinajstić information content (AvgIpc) is 3.49. The fraction of sp³-hybridized carbons (Fsp3) is 0.280. The molecule has 5 rings (SSSR count). The van der Waals surface area contributed by atoms with E-state index in [-0.39, 0.29) is 47.1 Å². The van der Waals surface area contributed by atoms with E-state index in [0.29, 0.717) is 12.4 Å². The minimum absolute atomic E-state index is 0.0155. The number of hydrogen-bond donors (Lipinski definition) is 1. The van der Waals surface area contributed by atoms with Gasteiger partial charge in [0.15, 0.2) is 5.79 Å². The van der Waals surface area contributed by atoms with Crippen LogP contribution in [-0.2, 0) is 25.3 Å². The van der Waals surface area contributed by atoms with Crippen LogP contribution in [0.25, 0.3) is 28.2 Å². The fourth-order valence-corrected chi connectivity index (χ4v) is 5.52. The van der Waals surface area contributed by atoms with Gasteiger partial charge in [-0.25, -0.2) is 22.8 Å². The minimum atomic E-state index is -4.79. The summed E-state index contributed by atoms with van der Waals surface area (Å²) in [5, 5.41) is 10.3. The molecule has 3 aromatic heterocycles. The Labute approximate surface area is 225 Å². The molecule has 0 aliphatic carbocycles. The first-order valence-corrected chi connectivity index (χ1v) is 13.2. The van der Waals surface area contributed by atoms with Gasteiger partial charge in [-0.05, 0) is 44.2 Å². The van der Waals surface area contributed by atoms with E-state index in [4.69, 9.17) is 9.47 Å². The first-order chi connectivity index (χ1) is 18.9. The molecule has 1 unspecified atom stereocenters. The van der Waals surface area contributed by atoms with Gasteiger partial charge in [-0.15, -0.1) is 0 Å². The molecule has 10 nitrogen and oxygen atoms in total. The van der Waals surface area contributed by atoms with Crippen molar-refractivity contribution in [2.75, 3.05) is 13.2 Å². The summed E-state index contributed by atoms with van der Waals surface area (Å²) in [6.07, 6.45) is -1.02. The average molecular weight is 577 g/mol. The topological polar surface area (TPSA) is 132 Å². The van der Waals surface area contributed by atoms with Crippen LogP contribution >= 0.6 is 0 Å². The third-order valence-corrected chi connectivity index (χ3v) is 7.89. The van der Waals surface area contributed by atoms with Crippen LogP contribution in [0.1, 0.15) is 25.0 Å². The zero-order valence-electron chi connectivity index (χ0n) is 20.9. The molecule has 0 amide bonds. The maximum Gasteiger partial charge on any atom is 0.404 e. The summed E-state index contributed by atoms with van der Waals surface area (Å²) in [7, 11) is -4.58. The van der Waals surface area contributed by atoms with Gasteiger partial charge in [0.05, 0.1) is 35.7 Å². The Bertz CT molecular complexity index is 1730. The van der Waals surface area contributed by atoms with E-state index >= 15 is 4.39 Å². The molecular formula is C25H20F4N6O4S. The summed E-state index contributed by atoms with van der Waals surface area (Å²) in [6, 6.07) is 6.16. The largest absolute Gasteiger partial charge is 0.404 e. The standard InChI is InChI=1S/C25H20F4N6O4S/c1-14(25(27,28)29)34-40(36,37)15-4-5-20(33-13-15)22-17(12-30)16-10-19(26)18(24(2)38-8-9-39-24)11-21(16)35(22)23-31-6-3-7-32-23/h3-7,10-11,13-14,34H,8-9H2,1-2H3. The van der Waals surface area contributed by atoms with Gasteiger partial charge in [-0.3, -0.25) is 9.55 Å². The number of pyridine rings is 1. The number of sulfonamides is 1. The molecule has 0 spiro atoms. The smallest absolute Gasteiger partial charge is 0.344 e. The summed E-state index contributed by atoms with van der Waals surface area (Å²) >= 11 is 0. The molecule has 4 aromatic rings. The molecule has 208 valence electrons. The molecule has 0 saturated carbocycles. The summed E-state index contributed by atoms with van der Waals surface area (Å²) in [6.45, 7) is 2.74. The zero-order valence-corrected chi connectivity index (χ0v) is 21.7. The number of halogens is 4. The SMILES string of the molecule is CC(NS(=O)(=O)c1ccc(-c2c(C#N)c3cc(F)c(C4(C)OCCO4)cc3n2-c2ncccn2)nc1)C(F)(F)F. The number of nitrogens with zero attached hydrogens (tertiary/aromatic N) is 5. The van der Waals surface area contributed by atoms with E-state index in [1.54, 1.807) is 17.7 Å². The molecule has 1 fully saturated rings. The zero-order chi connectivity index (χ0) is 28.9. The van der Waals surface area contributed by atoms with Crippen molar-refractivity contribution >= 4 is 20.9 Å². The van der Waals surface area contributed by atoms with Crippen LogP contribution in [0.3, 0.4) is 0 Å². The molecule has 1 aliphatic heterocycles. The van der Waals surface area contributed by atoms with Gasteiger partial charge in [0.25, 0.3) is 0 Å². The first kappa shape index (κ1) is 27.6. The van der Waals surface area contributed by atoms with Crippen LogP contribution in [0.2, 0.25) is 0 Å². The van der Waals surface area contributed by atoms with E-state index < -0.39 is 38.7 Å². The van der Waals surface area contributed by atoms with Crippen LogP contribution in [0.4, 0.5) is 17.6 Å². The molecule has 40 heavy (non-hydrogen) atoms. The summed E-state index contributed by atoms with van der Waals surface area (Å²) in [4.78, 5) is 12.1. The lowest BCUT2D eigenvalue weighted by atomic mass is 10.0. The molecule has 0 bridgehead atoms. The van der Waals surface area contributed by atoms with Crippen molar-refractivity contribution in [3.05, 3.63) is 65.9 Å². The Kier molecular flexibility index (Phi) is 6.83. The van der Waals surface area contributed by atoms with Gasteiger partial charge in [-0.1, -0.05) is 0 Å². The van der Waals surface area contributed by atoms with Crippen molar-refractivity contribution in [1.29, 1.82) is 5.26 Å². The van der Waals surface area contributed by atoms with Crippen molar-refractivity contribution in [1.82, 2.24) is 24.2 Å². The Hall–Kier alpha value is -3.97. The minimum Gasteiger partial charge on any atom is -0.344 e. The number of aromatic nitrogens is 4. The van der Waals surface area contributed by atoms with Gasteiger partial charge in [0, 0.05) is 29.5 Å². The van der Waals surface area contributed by atoms with Gasteiger partial charge in [-0.2, -0.15) is 23.2 Å². The second kappa shape index (κ2) is 9.89. The lowest BCUT2D eigenvalue weighted by molar-refractivity contribution is -0.151. The molecule has 0 radical (unpaired) electrons. The second-order valence-corrected chi connectivity index (χ2v) is 10.7. The number of hydrogen-bond acceptors (Lipinski definition) is 8. The number of benzene rings is 1. The number of fused-ring (bicyclic) bond motifs is 1. The van der Waals surface area contributed by atoms with Crippen LogP contribution in [0.5, 0.6) is 0 Å². The second-order valence-electron chi connectivity index (χ2n) is 8.98. The van der Waals surface area contributed by atoms with Crippen LogP contribution in [-0.4, -0.2) is 53.4 Å². The highest BCUT2D eigenvalue weighted by atomic mass is 32.2. The molecule has 1 aromatic carbocycles. The van der Waals surface area contributed by atoms with Crippen molar-refractivity contribution in [3.63, 3.8) is 0 Å². The summed E-state index contributed by atoms with van der Waals surface area (Å²) in [5.74, 6) is -1.98. The fourth-order valence-electron chi connectivity index (χ4n) is 4.34. The molecule has 1 aliphatic rings. The Morgan fingerprint density at radius 3 is 2.40 bits per heavy atom. The van der Waals surface area contributed by atoms with Crippen molar-refractivity contribution in [2.24, 2.45) is 0 Å². The lowest BCUT2D eigenvalue weighted by Gasteiger charge is -2.23. The molecule has 1 atom stereocenters. The van der Waals surface area contributed by atoms with E-state index in [1.807, 2.05) is 6.07 Å². The molecule has 4 heterocycles. The molecule has 15 heteroatoms. The van der Waals surface area contributed by atoms with Crippen molar-refractivity contribution in [2.45, 2.75) is 36.7 Å². The quantitative estimate of drug-likeness (QED) is 0.342. The highest BCUT2D eigenvalue weighted by molar-refractivity contribution is 7.89. The molecule has 1 N–H and O–H groups in total. The van der Waals surface area contributed by atoms with Gasteiger partial charge in [0.1, 0.15) is 22.8 Å². The highest BCUT2D eigenvalue weighted by Gasteiger charge is 2.39. The van der Waals surface area contributed by atoms with Gasteiger partial charge < -0.3 is 9.47 Å². The monoisotopic (exact) mass is 576 g/mol. The predicted octanol–water partition coefficient (Wildman–Crippen LogP) is 3.94. The number of alkyl halides is 3. The van der Waals surface area contributed by atoms with Crippen LogP contribution in [0, 0.1) is 17.1 Å². The van der Waals surface area contributed by atoms with E-state index in [1.165, 1.54) is 29.1 Å². The van der Waals surface area contributed by atoms with E-state index in [2.05, 4.69) is 15.0 Å². The Morgan fingerprint density at radius 2 is 1.82 bits per heavy atom. The van der Waals surface area contributed by atoms with Gasteiger partial charge in [0.2, 0.25) is 16.0 Å². The maximum atomic E-state index is 15.4. The summed E-state index contributed by atoms with van der Waals surface area (Å²) < 4.78 is 93.5. The maximum absolute atomic E-state index is 15.4. The van der Waals surface area contributed by atoms with Crippen LogP contribution < -0.4 is 4.72 Å². The van der Waals surface area contributed by atoms with E-state index in [0.717, 1.165) is 18.3 Å².